The summed E-state index contributed by atoms with van der Waals surface area (Å²) in [7, 11) is 0. The lowest BCUT2D eigenvalue weighted by atomic mass is 10.1. The van der Waals surface area contributed by atoms with Crippen LogP contribution in [-0.2, 0) is 0 Å². The normalized spacial score (nSPS) is 10.8. The first-order valence-electron chi connectivity index (χ1n) is 9.37. The van der Waals surface area contributed by atoms with Crippen molar-refractivity contribution in [2.24, 2.45) is 0 Å². The third kappa shape index (κ3) is 4.41. The van der Waals surface area contributed by atoms with Crippen LogP contribution in [0.1, 0.15) is 21.7 Å². The average Bonchev–Trinajstić information content (AvgIpc) is 2.72. The maximum atomic E-state index is 12.9. The number of nitrogens with one attached hydrogen (secondary N) is 1. The Morgan fingerprint density at radius 1 is 0.933 bits per heavy atom. The summed E-state index contributed by atoms with van der Waals surface area (Å²) in [6, 6.07) is 18.4. The third-order valence-electron chi connectivity index (χ3n) is 4.40. The number of para-hydroxylation sites is 1. The van der Waals surface area contributed by atoms with Crippen LogP contribution in [0.2, 0.25) is 0 Å². The molecule has 150 valence electrons. The summed E-state index contributed by atoms with van der Waals surface area (Å²) in [5.41, 5.74) is 3.66. The van der Waals surface area contributed by atoms with E-state index in [1.54, 1.807) is 18.2 Å². The van der Waals surface area contributed by atoms with Crippen molar-refractivity contribution >= 4 is 40.1 Å². The predicted molar refractivity (Wildman–Crippen MR) is 120 cm³/mol. The lowest BCUT2D eigenvalue weighted by Gasteiger charge is -2.11. The Morgan fingerprint density at radius 3 is 2.57 bits per heavy atom. The van der Waals surface area contributed by atoms with E-state index >= 15 is 0 Å². The first-order valence-corrected chi connectivity index (χ1v) is 10.6. The van der Waals surface area contributed by atoms with Crippen LogP contribution in [0.4, 0.5) is 11.5 Å². The van der Waals surface area contributed by atoms with Gasteiger partial charge in [-0.05, 0) is 44.4 Å². The fourth-order valence-electron chi connectivity index (χ4n) is 3.12. The molecule has 0 aliphatic heterocycles. The lowest BCUT2D eigenvalue weighted by molar-refractivity contribution is 0.0737. The van der Waals surface area contributed by atoms with Crippen molar-refractivity contribution in [1.82, 2.24) is 15.0 Å². The van der Waals surface area contributed by atoms with E-state index in [9.17, 15) is 4.79 Å². The summed E-state index contributed by atoms with van der Waals surface area (Å²) >= 11 is 1.48. The van der Waals surface area contributed by atoms with Crippen LogP contribution in [0.5, 0.6) is 5.75 Å². The summed E-state index contributed by atoms with van der Waals surface area (Å²) in [4.78, 5) is 26.2. The van der Waals surface area contributed by atoms with E-state index in [1.165, 1.54) is 11.8 Å². The molecule has 0 aliphatic carbocycles. The molecular weight excluding hydrogens is 396 g/mol. The quantitative estimate of drug-likeness (QED) is 0.204. The minimum atomic E-state index is -0.420. The molecule has 0 unspecified atom stereocenters. The van der Waals surface area contributed by atoms with Gasteiger partial charge in [0.05, 0.1) is 11.1 Å². The highest BCUT2D eigenvalue weighted by molar-refractivity contribution is 7.98. The van der Waals surface area contributed by atoms with Crippen molar-refractivity contribution in [2.45, 2.75) is 19.0 Å². The van der Waals surface area contributed by atoms with Gasteiger partial charge in [-0.1, -0.05) is 36.0 Å². The zero-order chi connectivity index (χ0) is 21.1. The second-order valence-corrected chi connectivity index (χ2v) is 7.53. The van der Waals surface area contributed by atoms with E-state index in [1.807, 2.05) is 62.6 Å². The number of aryl methyl sites for hydroxylation is 2. The molecule has 0 fully saturated rings. The molecular formula is C23H20N4O2S. The Morgan fingerprint density at radius 2 is 1.73 bits per heavy atom. The molecule has 7 heteroatoms. The van der Waals surface area contributed by atoms with Gasteiger partial charge in [0.2, 0.25) is 0 Å². The van der Waals surface area contributed by atoms with Crippen molar-refractivity contribution < 1.29 is 9.53 Å². The van der Waals surface area contributed by atoms with Crippen LogP contribution >= 0.6 is 11.8 Å². The van der Waals surface area contributed by atoms with Gasteiger partial charge >= 0.3 is 5.97 Å². The molecule has 0 bridgehead atoms. The van der Waals surface area contributed by atoms with Gasteiger partial charge in [0.15, 0.2) is 5.16 Å². The Labute approximate surface area is 178 Å². The molecule has 2 aromatic heterocycles. The molecule has 1 N–H and O–H groups in total. The highest BCUT2D eigenvalue weighted by atomic mass is 32.2. The lowest BCUT2D eigenvalue weighted by Crippen LogP contribution is -2.10. The molecule has 0 amide bonds. The molecule has 2 aromatic carbocycles. The number of anilines is 2. The molecule has 0 atom stereocenters. The van der Waals surface area contributed by atoms with Gasteiger partial charge in [0.1, 0.15) is 11.6 Å². The van der Waals surface area contributed by atoms with E-state index < -0.39 is 5.97 Å². The number of carbonyl (C=O) groups excluding carboxylic acids is 1. The first kappa shape index (κ1) is 19.8. The van der Waals surface area contributed by atoms with E-state index in [0.717, 1.165) is 28.0 Å². The Balaban J connectivity index is 1.58. The number of benzene rings is 2. The van der Waals surface area contributed by atoms with Gasteiger partial charge in [-0.15, -0.1) is 0 Å². The van der Waals surface area contributed by atoms with Gasteiger partial charge in [0, 0.05) is 34.6 Å². The predicted octanol–water partition coefficient (Wildman–Crippen LogP) is 5.33. The fourth-order valence-corrected chi connectivity index (χ4v) is 3.55. The third-order valence-corrected chi connectivity index (χ3v) is 4.95. The number of nitrogens with zero attached hydrogens (tertiary/aromatic N) is 3. The topological polar surface area (TPSA) is 77.0 Å². The van der Waals surface area contributed by atoms with Gasteiger partial charge in [0.25, 0.3) is 0 Å². The standard InChI is InChI=1S/C23H20N4O2S/c1-14-11-19(18-9-4-5-10-20(18)24-14)22(28)29-17-8-6-7-16(13-17)26-21-12-15(2)25-23(27-21)30-3/h4-13H,1-3H3,(H,25,26,27). The van der Waals surface area contributed by atoms with E-state index in [4.69, 9.17) is 4.74 Å². The highest BCUT2D eigenvalue weighted by Crippen LogP contribution is 2.24. The van der Waals surface area contributed by atoms with Crippen LogP contribution in [0.25, 0.3) is 10.9 Å². The molecule has 4 rings (SSSR count). The maximum Gasteiger partial charge on any atom is 0.344 e. The summed E-state index contributed by atoms with van der Waals surface area (Å²) in [6.45, 7) is 3.78. The Hall–Kier alpha value is -3.45. The zero-order valence-electron chi connectivity index (χ0n) is 16.8. The van der Waals surface area contributed by atoms with E-state index in [0.29, 0.717) is 22.3 Å². The van der Waals surface area contributed by atoms with Crippen molar-refractivity contribution in [3.63, 3.8) is 0 Å². The highest BCUT2D eigenvalue weighted by Gasteiger charge is 2.14. The fraction of sp³-hybridized carbons (Fsp3) is 0.130. The Kier molecular flexibility index (Phi) is 5.63. The number of fused-ring (bicyclic) bond motifs is 1. The minimum absolute atomic E-state index is 0.420. The number of hydrogen-bond acceptors (Lipinski definition) is 7. The number of hydrogen-bond donors (Lipinski definition) is 1. The largest absolute Gasteiger partial charge is 0.423 e. The molecule has 0 aliphatic rings. The van der Waals surface area contributed by atoms with E-state index in [-0.39, 0.29) is 0 Å². The van der Waals surface area contributed by atoms with Crippen LogP contribution in [0.15, 0.2) is 65.8 Å². The summed E-state index contributed by atoms with van der Waals surface area (Å²) < 4.78 is 5.67. The summed E-state index contributed by atoms with van der Waals surface area (Å²) in [5.74, 6) is 0.710. The van der Waals surface area contributed by atoms with Crippen molar-refractivity contribution in [3.8, 4) is 5.75 Å². The number of esters is 1. The molecule has 0 saturated carbocycles. The first-order chi connectivity index (χ1) is 14.5. The monoisotopic (exact) mass is 416 g/mol. The SMILES string of the molecule is CSc1nc(C)cc(Nc2cccc(OC(=O)c3cc(C)nc4ccccc34)c2)n1. The van der Waals surface area contributed by atoms with Crippen molar-refractivity contribution in [3.05, 3.63) is 77.6 Å². The molecule has 0 saturated heterocycles. The number of pyridine rings is 1. The maximum absolute atomic E-state index is 12.9. The number of carbonyl (C=O) groups is 1. The van der Waals surface area contributed by atoms with Gasteiger partial charge in [-0.3, -0.25) is 4.98 Å². The molecule has 0 radical (unpaired) electrons. The van der Waals surface area contributed by atoms with Crippen LogP contribution in [0, 0.1) is 13.8 Å². The molecule has 4 aromatic rings. The second-order valence-electron chi connectivity index (χ2n) is 6.75. The van der Waals surface area contributed by atoms with Crippen molar-refractivity contribution in [2.75, 3.05) is 11.6 Å². The second kappa shape index (κ2) is 8.51. The summed E-state index contributed by atoms with van der Waals surface area (Å²) in [6.07, 6.45) is 1.93. The molecule has 0 spiro atoms. The number of aromatic nitrogens is 3. The van der Waals surface area contributed by atoms with Crippen molar-refractivity contribution in [1.29, 1.82) is 0 Å². The number of thioether (sulfide) groups is 1. The van der Waals surface area contributed by atoms with Gasteiger partial charge in [-0.2, -0.15) is 0 Å². The van der Waals surface area contributed by atoms with Gasteiger partial charge in [-0.25, -0.2) is 14.8 Å². The average molecular weight is 417 g/mol. The van der Waals surface area contributed by atoms with Crippen LogP contribution in [-0.4, -0.2) is 27.2 Å². The molecule has 6 nitrogen and oxygen atoms in total. The number of ether oxygens (including phenoxy) is 1. The van der Waals surface area contributed by atoms with E-state index in [2.05, 4.69) is 20.3 Å². The molecule has 2 heterocycles. The minimum Gasteiger partial charge on any atom is -0.423 e. The van der Waals surface area contributed by atoms with Crippen LogP contribution < -0.4 is 10.1 Å². The van der Waals surface area contributed by atoms with Gasteiger partial charge < -0.3 is 10.1 Å². The summed E-state index contributed by atoms with van der Waals surface area (Å²) in [5, 5.41) is 4.71. The molecule has 30 heavy (non-hydrogen) atoms. The number of rotatable bonds is 5. The van der Waals surface area contributed by atoms with Crippen LogP contribution in [0.3, 0.4) is 0 Å². The zero-order valence-corrected chi connectivity index (χ0v) is 17.7. The smallest absolute Gasteiger partial charge is 0.344 e. The Bertz CT molecular complexity index is 1240.